The summed E-state index contributed by atoms with van der Waals surface area (Å²) in [5.41, 5.74) is 3.15. The lowest BCUT2D eigenvalue weighted by molar-refractivity contribution is 0.102. The molecule has 0 unspecified atom stereocenters. The fourth-order valence-electron chi connectivity index (χ4n) is 2.89. The van der Waals surface area contributed by atoms with Crippen LogP contribution < -0.4 is 10.1 Å². The minimum Gasteiger partial charge on any atom is -0.497 e. The van der Waals surface area contributed by atoms with E-state index in [9.17, 15) is 9.18 Å². The van der Waals surface area contributed by atoms with Crippen LogP contribution in [-0.4, -0.2) is 23.0 Å². The molecular weight excluding hydrogens is 345 g/mol. The van der Waals surface area contributed by atoms with Crippen molar-refractivity contribution in [1.82, 2.24) is 9.97 Å². The van der Waals surface area contributed by atoms with Crippen LogP contribution in [0.15, 0.2) is 67.0 Å². The van der Waals surface area contributed by atoms with Gasteiger partial charge in [0, 0.05) is 29.0 Å². The van der Waals surface area contributed by atoms with Gasteiger partial charge >= 0.3 is 0 Å². The molecule has 0 fully saturated rings. The number of carbonyl (C=O) groups is 1. The normalized spacial score (nSPS) is 10.7. The molecule has 1 amide bonds. The molecule has 4 aromatic rings. The molecule has 0 spiro atoms. The molecule has 0 aliphatic carbocycles. The van der Waals surface area contributed by atoms with Crippen LogP contribution in [0, 0.1) is 5.82 Å². The van der Waals surface area contributed by atoms with E-state index in [0.717, 1.165) is 5.56 Å². The molecule has 5 nitrogen and oxygen atoms in total. The number of aromatic amines is 1. The number of ether oxygens (including phenoxy) is 1. The zero-order valence-corrected chi connectivity index (χ0v) is 14.5. The first-order valence-corrected chi connectivity index (χ1v) is 8.32. The Hall–Kier alpha value is -3.67. The Morgan fingerprint density at radius 2 is 1.93 bits per heavy atom. The van der Waals surface area contributed by atoms with Gasteiger partial charge in [0.15, 0.2) is 0 Å². The van der Waals surface area contributed by atoms with Crippen molar-refractivity contribution >= 4 is 22.6 Å². The van der Waals surface area contributed by atoms with Gasteiger partial charge in [0.2, 0.25) is 0 Å². The third-order valence-corrected chi connectivity index (χ3v) is 4.28. The molecule has 0 bridgehead atoms. The number of aromatic nitrogens is 2. The Balaban J connectivity index is 1.66. The van der Waals surface area contributed by atoms with Gasteiger partial charge in [-0.3, -0.25) is 4.79 Å². The van der Waals surface area contributed by atoms with Gasteiger partial charge < -0.3 is 15.0 Å². The number of nitrogens with one attached hydrogen (secondary N) is 2. The van der Waals surface area contributed by atoms with Crippen molar-refractivity contribution in [1.29, 1.82) is 0 Å². The summed E-state index contributed by atoms with van der Waals surface area (Å²) in [6.45, 7) is 0. The summed E-state index contributed by atoms with van der Waals surface area (Å²) in [4.78, 5) is 20.0. The van der Waals surface area contributed by atoms with Gasteiger partial charge in [0.25, 0.3) is 5.91 Å². The fourth-order valence-corrected chi connectivity index (χ4v) is 2.89. The Labute approximate surface area is 154 Å². The van der Waals surface area contributed by atoms with Crippen molar-refractivity contribution < 1.29 is 13.9 Å². The number of nitrogens with zero attached hydrogens (tertiary/aromatic N) is 1. The summed E-state index contributed by atoms with van der Waals surface area (Å²) in [5, 5.41) is 3.52. The number of benzene rings is 2. The molecule has 0 radical (unpaired) electrons. The maximum Gasteiger partial charge on any atom is 0.257 e. The minimum atomic E-state index is -0.320. The lowest BCUT2D eigenvalue weighted by Gasteiger charge is -2.06. The predicted molar refractivity (Wildman–Crippen MR) is 102 cm³/mol. The smallest absolute Gasteiger partial charge is 0.257 e. The van der Waals surface area contributed by atoms with Gasteiger partial charge in [0.05, 0.1) is 12.7 Å². The number of carbonyl (C=O) groups excluding carboxylic acids is 1. The van der Waals surface area contributed by atoms with Crippen molar-refractivity contribution in [2.75, 3.05) is 12.4 Å². The molecule has 0 aliphatic heterocycles. The van der Waals surface area contributed by atoms with Gasteiger partial charge in [0.1, 0.15) is 17.2 Å². The summed E-state index contributed by atoms with van der Waals surface area (Å²) in [7, 11) is 1.59. The van der Waals surface area contributed by atoms with Gasteiger partial charge in [-0.05, 0) is 48.0 Å². The van der Waals surface area contributed by atoms with Crippen molar-refractivity contribution in [3.05, 3.63) is 78.4 Å². The number of anilines is 1. The number of pyridine rings is 1. The van der Waals surface area contributed by atoms with Gasteiger partial charge in [-0.25, -0.2) is 9.37 Å². The number of amides is 1. The maximum absolute atomic E-state index is 13.5. The van der Waals surface area contributed by atoms with E-state index in [1.54, 1.807) is 55.9 Å². The van der Waals surface area contributed by atoms with Crippen molar-refractivity contribution in [3.8, 4) is 16.9 Å². The maximum atomic E-state index is 13.5. The van der Waals surface area contributed by atoms with Crippen LogP contribution >= 0.6 is 0 Å². The Kier molecular flexibility index (Phi) is 4.30. The summed E-state index contributed by atoms with van der Waals surface area (Å²) >= 11 is 0. The molecule has 134 valence electrons. The average Bonchev–Trinajstić information content (AvgIpc) is 3.12. The summed E-state index contributed by atoms with van der Waals surface area (Å²) in [6.07, 6.45) is 3.27. The topological polar surface area (TPSA) is 67.0 Å². The molecular formula is C21H16FN3O2. The number of rotatable bonds is 4. The fraction of sp³-hybridized carbons (Fsp3) is 0.0476. The lowest BCUT2D eigenvalue weighted by Crippen LogP contribution is -2.11. The lowest BCUT2D eigenvalue weighted by atomic mass is 10.1. The van der Waals surface area contributed by atoms with Crippen molar-refractivity contribution in [2.45, 2.75) is 0 Å². The van der Waals surface area contributed by atoms with E-state index in [4.69, 9.17) is 4.74 Å². The van der Waals surface area contributed by atoms with Crippen LogP contribution in [0.3, 0.4) is 0 Å². The molecule has 6 heteroatoms. The molecule has 2 aromatic carbocycles. The number of halogens is 1. The van der Waals surface area contributed by atoms with Crippen LogP contribution in [0.1, 0.15) is 10.4 Å². The predicted octanol–water partition coefficient (Wildman–Crippen LogP) is 4.63. The first-order valence-electron chi connectivity index (χ1n) is 8.32. The largest absolute Gasteiger partial charge is 0.497 e. The number of H-pyrrole nitrogens is 1. The third kappa shape index (κ3) is 3.37. The minimum absolute atomic E-state index is 0.260. The first-order chi connectivity index (χ1) is 13.1. The van der Waals surface area contributed by atoms with E-state index in [-0.39, 0.29) is 11.7 Å². The van der Waals surface area contributed by atoms with Crippen molar-refractivity contribution in [3.63, 3.8) is 0 Å². The van der Waals surface area contributed by atoms with Crippen LogP contribution in [0.2, 0.25) is 0 Å². The summed E-state index contributed by atoms with van der Waals surface area (Å²) in [5.74, 6) is 0.132. The molecule has 0 atom stereocenters. The van der Waals surface area contributed by atoms with Crippen LogP contribution in [0.4, 0.5) is 10.1 Å². The Bertz CT molecular complexity index is 1120. The second-order valence-electron chi connectivity index (χ2n) is 6.02. The summed E-state index contributed by atoms with van der Waals surface area (Å²) in [6, 6.07) is 15.2. The zero-order valence-electron chi connectivity index (χ0n) is 14.5. The van der Waals surface area contributed by atoms with E-state index in [2.05, 4.69) is 15.3 Å². The Morgan fingerprint density at radius 3 is 2.67 bits per heavy atom. The molecule has 0 saturated heterocycles. The number of hydrogen-bond acceptors (Lipinski definition) is 3. The van der Waals surface area contributed by atoms with E-state index >= 15 is 0 Å². The second-order valence-corrected chi connectivity index (χ2v) is 6.02. The average molecular weight is 361 g/mol. The zero-order chi connectivity index (χ0) is 18.8. The molecule has 27 heavy (non-hydrogen) atoms. The highest BCUT2D eigenvalue weighted by molar-refractivity contribution is 6.12. The van der Waals surface area contributed by atoms with Crippen LogP contribution in [0.25, 0.3) is 22.2 Å². The second kappa shape index (κ2) is 6.92. The van der Waals surface area contributed by atoms with Crippen molar-refractivity contribution in [2.24, 2.45) is 0 Å². The van der Waals surface area contributed by atoms with E-state index in [1.165, 1.54) is 12.1 Å². The van der Waals surface area contributed by atoms with Gasteiger partial charge in [-0.2, -0.15) is 0 Å². The van der Waals surface area contributed by atoms with Gasteiger partial charge in [-0.15, -0.1) is 0 Å². The van der Waals surface area contributed by atoms with Gasteiger partial charge in [-0.1, -0.05) is 12.1 Å². The van der Waals surface area contributed by atoms with E-state index in [0.29, 0.717) is 33.6 Å². The third-order valence-electron chi connectivity index (χ3n) is 4.28. The highest BCUT2D eigenvalue weighted by Gasteiger charge is 2.14. The highest BCUT2D eigenvalue weighted by Crippen LogP contribution is 2.26. The molecule has 0 aliphatic rings. The molecule has 2 N–H and O–H groups in total. The quantitative estimate of drug-likeness (QED) is 0.557. The standard InChI is InChI=1S/C21H16FN3O2/c1-27-17-7-5-16(6-8-17)25-21(26)19-12-24-20-18(19)10-14(11-23-20)13-3-2-4-15(22)9-13/h2-12H,1H3,(H,23,24)(H,25,26). The SMILES string of the molecule is COc1ccc(NC(=O)c2c[nH]c3ncc(-c4cccc(F)c4)cc23)cc1. The molecule has 2 aromatic heterocycles. The van der Waals surface area contributed by atoms with Crippen LogP contribution in [0.5, 0.6) is 5.75 Å². The first kappa shape index (κ1) is 16.8. The van der Waals surface area contributed by atoms with E-state index < -0.39 is 0 Å². The molecule has 2 heterocycles. The van der Waals surface area contributed by atoms with E-state index in [1.807, 2.05) is 6.07 Å². The Morgan fingerprint density at radius 1 is 1.11 bits per heavy atom. The number of hydrogen-bond donors (Lipinski definition) is 2. The highest BCUT2D eigenvalue weighted by atomic mass is 19.1. The molecule has 4 rings (SSSR count). The summed E-state index contributed by atoms with van der Waals surface area (Å²) < 4.78 is 18.6. The number of methoxy groups -OCH3 is 1. The monoisotopic (exact) mass is 361 g/mol. The number of fused-ring (bicyclic) bond motifs is 1. The van der Waals surface area contributed by atoms with Crippen LogP contribution in [-0.2, 0) is 0 Å². The molecule has 0 saturated carbocycles.